The van der Waals surface area contributed by atoms with E-state index in [1.807, 2.05) is 12.1 Å². The Morgan fingerprint density at radius 2 is 1.68 bits per heavy atom. The van der Waals surface area contributed by atoms with Crippen molar-refractivity contribution in [2.24, 2.45) is 10.7 Å². The lowest BCUT2D eigenvalue weighted by Crippen LogP contribution is -2.23. The molecule has 0 saturated carbocycles. The molecule has 136 valence electrons. The molecule has 2 aromatic rings. The fraction of sp³-hybridized carbons (Fsp3) is 0.316. The number of rotatable bonds is 6. The third-order valence-corrected chi connectivity index (χ3v) is 4.31. The summed E-state index contributed by atoms with van der Waals surface area (Å²) >= 11 is 5.83. The Bertz CT molecular complexity index is 674. The number of nitrogens with one attached hydrogen (secondary N) is 1. The quantitative estimate of drug-likeness (QED) is 0.316. The Hall–Kier alpha value is -1.31. The van der Waals surface area contributed by atoms with Crippen LogP contribution in [0.15, 0.2) is 53.5 Å². The van der Waals surface area contributed by atoms with Gasteiger partial charge in [-0.3, -0.25) is 4.99 Å². The largest absolute Gasteiger partial charge is 0.386 e. The van der Waals surface area contributed by atoms with Gasteiger partial charge in [0.2, 0.25) is 0 Å². The Morgan fingerprint density at radius 1 is 1.12 bits per heavy atom. The van der Waals surface area contributed by atoms with Crippen LogP contribution in [0.4, 0.5) is 5.69 Å². The van der Waals surface area contributed by atoms with Crippen LogP contribution in [0.25, 0.3) is 0 Å². The van der Waals surface area contributed by atoms with Gasteiger partial charge in [0.15, 0.2) is 5.96 Å². The number of hydrogen-bond donors (Lipinski definition) is 3. The van der Waals surface area contributed by atoms with Crippen LogP contribution in [0.3, 0.4) is 0 Å². The van der Waals surface area contributed by atoms with Gasteiger partial charge in [0.25, 0.3) is 0 Å². The van der Waals surface area contributed by atoms with Crippen molar-refractivity contribution in [3.63, 3.8) is 0 Å². The summed E-state index contributed by atoms with van der Waals surface area (Å²) in [4.78, 5) is 4.19. The molecule has 0 aliphatic rings. The molecule has 25 heavy (non-hydrogen) atoms. The van der Waals surface area contributed by atoms with Gasteiger partial charge < -0.3 is 16.2 Å². The zero-order valence-electron chi connectivity index (χ0n) is 14.4. The molecule has 2 rings (SSSR count). The van der Waals surface area contributed by atoms with Gasteiger partial charge in [-0.25, -0.2) is 0 Å². The highest BCUT2D eigenvalue weighted by molar-refractivity contribution is 14.0. The third kappa shape index (κ3) is 6.84. The lowest BCUT2D eigenvalue weighted by molar-refractivity contribution is 0.187. The van der Waals surface area contributed by atoms with Gasteiger partial charge >= 0.3 is 0 Å². The molecule has 0 aromatic heterocycles. The lowest BCUT2D eigenvalue weighted by atomic mass is 9.99. The van der Waals surface area contributed by atoms with E-state index in [0.29, 0.717) is 10.9 Å². The molecule has 2 aromatic carbocycles. The van der Waals surface area contributed by atoms with Crippen molar-refractivity contribution in [2.45, 2.75) is 32.3 Å². The number of nitrogens with two attached hydrogens (primary N) is 1. The van der Waals surface area contributed by atoms with Crippen molar-refractivity contribution in [2.75, 3.05) is 11.9 Å². The normalized spacial score (nSPS) is 13.7. The summed E-state index contributed by atoms with van der Waals surface area (Å²) in [6.07, 6.45) is 0.397. The number of aliphatic imine (C=N–C) groups is 1. The molecule has 4 nitrogen and oxygen atoms in total. The van der Waals surface area contributed by atoms with Gasteiger partial charge in [-0.05, 0) is 47.7 Å². The van der Waals surface area contributed by atoms with Gasteiger partial charge in [-0.2, -0.15) is 0 Å². The molecule has 6 heteroatoms. The van der Waals surface area contributed by atoms with Gasteiger partial charge in [-0.1, -0.05) is 49.7 Å². The second kappa shape index (κ2) is 10.6. The average Bonchev–Trinajstić information content (AvgIpc) is 2.60. The van der Waals surface area contributed by atoms with Gasteiger partial charge in [0.05, 0.1) is 12.6 Å². The maximum absolute atomic E-state index is 10.1. The molecule has 2 atom stereocenters. The minimum absolute atomic E-state index is 0. The SMILES string of the molecule is CCC(C)c1ccc(NC(N)=NCC(O)c2ccc(Cl)cc2)cc1.I. The maximum atomic E-state index is 10.1. The van der Waals surface area contributed by atoms with Crippen molar-refractivity contribution in [1.82, 2.24) is 0 Å². The Labute approximate surface area is 171 Å². The average molecular weight is 474 g/mol. The highest BCUT2D eigenvalue weighted by Gasteiger charge is 2.07. The minimum Gasteiger partial charge on any atom is -0.386 e. The molecule has 0 radical (unpaired) electrons. The fourth-order valence-electron chi connectivity index (χ4n) is 2.29. The van der Waals surface area contributed by atoms with Crippen LogP contribution in [0.2, 0.25) is 5.02 Å². The standard InChI is InChI=1S/C19H24ClN3O.HI/c1-3-13(2)14-6-10-17(11-7-14)23-19(21)22-12-18(24)15-4-8-16(20)9-5-15;/h4-11,13,18,24H,3,12H2,1-2H3,(H3,21,22,23);1H. The van der Waals surface area contributed by atoms with E-state index in [4.69, 9.17) is 17.3 Å². The maximum Gasteiger partial charge on any atom is 0.193 e. The highest BCUT2D eigenvalue weighted by atomic mass is 127. The third-order valence-electron chi connectivity index (χ3n) is 4.05. The predicted molar refractivity (Wildman–Crippen MR) is 117 cm³/mol. The van der Waals surface area contributed by atoms with E-state index in [9.17, 15) is 5.11 Å². The molecular formula is C19H25ClIN3O. The van der Waals surface area contributed by atoms with E-state index in [0.717, 1.165) is 17.7 Å². The first-order valence-corrected chi connectivity index (χ1v) is 8.47. The summed E-state index contributed by atoms with van der Waals surface area (Å²) in [5, 5.41) is 13.8. The van der Waals surface area contributed by atoms with E-state index in [1.165, 1.54) is 5.56 Å². The first kappa shape index (κ1) is 21.7. The minimum atomic E-state index is -0.713. The van der Waals surface area contributed by atoms with E-state index >= 15 is 0 Å². The molecule has 0 amide bonds. The number of aliphatic hydroxyl groups is 1. The van der Waals surface area contributed by atoms with Crippen LogP contribution in [0, 0.1) is 0 Å². The van der Waals surface area contributed by atoms with E-state index in [-0.39, 0.29) is 36.5 Å². The summed E-state index contributed by atoms with van der Waals surface area (Å²) in [5.74, 6) is 0.818. The predicted octanol–water partition coefficient (Wildman–Crippen LogP) is 4.93. The molecular weight excluding hydrogens is 449 g/mol. The fourth-order valence-corrected chi connectivity index (χ4v) is 2.42. The summed E-state index contributed by atoms with van der Waals surface area (Å²) in [7, 11) is 0. The highest BCUT2D eigenvalue weighted by Crippen LogP contribution is 2.20. The molecule has 0 saturated heterocycles. The van der Waals surface area contributed by atoms with Gasteiger partial charge in [0, 0.05) is 10.7 Å². The summed E-state index contributed by atoms with van der Waals surface area (Å²) in [6.45, 7) is 4.56. The Balaban J connectivity index is 0.00000312. The second-order valence-corrected chi connectivity index (χ2v) is 6.29. The van der Waals surface area contributed by atoms with Crippen LogP contribution in [-0.2, 0) is 0 Å². The number of anilines is 1. The number of guanidine groups is 1. The van der Waals surface area contributed by atoms with Gasteiger partial charge in [0.1, 0.15) is 0 Å². The summed E-state index contributed by atoms with van der Waals surface area (Å²) in [5.41, 5.74) is 8.83. The van der Waals surface area contributed by atoms with Crippen LogP contribution >= 0.6 is 35.6 Å². The number of halogens is 2. The molecule has 0 fully saturated rings. The van der Waals surface area contributed by atoms with Crippen molar-refractivity contribution in [3.8, 4) is 0 Å². The van der Waals surface area contributed by atoms with Gasteiger partial charge in [-0.15, -0.1) is 24.0 Å². The molecule has 4 N–H and O–H groups in total. The number of hydrogen-bond acceptors (Lipinski definition) is 2. The van der Waals surface area contributed by atoms with Crippen molar-refractivity contribution in [3.05, 3.63) is 64.7 Å². The van der Waals surface area contributed by atoms with E-state index < -0.39 is 6.10 Å². The zero-order chi connectivity index (χ0) is 17.5. The van der Waals surface area contributed by atoms with E-state index in [1.54, 1.807) is 24.3 Å². The zero-order valence-corrected chi connectivity index (χ0v) is 17.5. The molecule has 0 aliphatic heterocycles. The van der Waals surface area contributed by atoms with Crippen LogP contribution in [-0.4, -0.2) is 17.6 Å². The second-order valence-electron chi connectivity index (χ2n) is 5.85. The van der Waals surface area contributed by atoms with Crippen molar-refractivity contribution < 1.29 is 5.11 Å². The van der Waals surface area contributed by atoms with Crippen LogP contribution < -0.4 is 11.1 Å². The topological polar surface area (TPSA) is 70.6 Å². The lowest BCUT2D eigenvalue weighted by Gasteiger charge is -2.12. The first-order valence-electron chi connectivity index (χ1n) is 8.10. The van der Waals surface area contributed by atoms with Crippen molar-refractivity contribution in [1.29, 1.82) is 0 Å². The first-order chi connectivity index (χ1) is 11.5. The monoisotopic (exact) mass is 473 g/mol. The smallest absolute Gasteiger partial charge is 0.193 e. The summed E-state index contributed by atoms with van der Waals surface area (Å²) < 4.78 is 0. The number of benzene rings is 2. The Kier molecular flexibility index (Phi) is 9.24. The number of nitrogens with zero attached hydrogens (tertiary/aromatic N) is 1. The molecule has 0 bridgehead atoms. The van der Waals surface area contributed by atoms with Crippen molar-refractivity contribution >= 4 is 47.2 Å². The molecule has 0 spiro atoms. The summed E-state index contributed by atoms with van der Waals surface area (Å²) in [6, 6.07) is 15.2. The van der Waals surface area contributed by atoms with E-state index in [2.05, 4.69) is 36.3 Å². The molecule has 0 aliphatic carbocycles. The van der Waals surface area contributed by atoms with Crippen LogP contribution in [0.1, 0.15) is 43.4 Å². The molecule has 0 heterocycles. The Morgan fingerprint density at radius 3 is 2.24 bits per heavy atom. The molecule has 2 unspecified atom stereocenters. The van der Waals surface area contributed by atoms with Crippen LogP contribution in [0.5, 0.6) is 0 Å². The number of aliphatic hydroxyl groups excluding tert-OH is 1.